The van der Waals surface area contributed by atoms with Crippen molar-refractivity contribution in [1.82, 2.24) is 9.97 Å². The first-order valence-electron chi connectivity index (χ1n) is 6.89. The van der Waals surface area contributed by atoms with E-state index in [0.717, 1.165) is 5.39 Å². The molecule has 1 aromatic carbocycles. The minimum Gasteiger partial charge on any atom is -0.496 e. The Hall–Kier alpha value is -2.67. The summed E-state index contributed by atoms with van der Waals surface area (Å²) in [4.78, 5) is 8.23. The average Bonchev–Trinajstić information content (AvgIpc) is 2.54. The number of methoxy groups -OCH3 is 1. The van der Waals surface area contributed by atoms with E-state index >= 15 is 0 Å². The molecule has 1 N–H and O–H groups in total. The van der Waals surface area contributed by atoms with E-state index in [4.69, 9.17) is 4.74 Å². The molecule has 0 aliphatic carbocycles. The van der Waals surface area contributed by atoms with Crippen LogP contribution in [0.1, 0.15) is 5.56 Å². The maximum Gasteiger partial charge on any atom is 0.279 e. The minimum absolute atomic E-state index is 0.0000934. The summed E-state index contributed by atoms with van der Waals surface area (Å²) in [6.45, 7) is 1.70. The zero-order chi connectivity index (χ0) is 16.4. The Morgan fingerprint density at radius 1 is 1.04 bits per heavy atom. The molecule has 7 heteroatoms. The number of pyridine rings is 2. The zero-order valence-corrected chi connectivity index (χ0v) is 13.5. The van der Waals surface area contributed by atoms with E-state index in [0.29, 0.717) is 22.5 Å². The van der Waals surface area contributed by atoms with E-state index in [2.05, 4.69) is 14.7 Å². The van der Waals surface area contributed by atoms with Crippen LogP contribution in [-0.4, -0.2) is 25.5 Å². The number of sulfonamides is 1. The van der Waals surface area contributed by atoms with Crippen molar-refractivity contribution in [2.45, 2.75) is 11.9 Å². The number of benzene rings is 1. The van der Waals surface area contributed by atoms with Gasteiger partial charge in [0.05, 0.1) is 18.3 Å². The number of nitrogens with zero attached hydrogens (tertiary/aromatic N) is 2. The third-order valence-corrected chi connectivity index (χ3v) is 4.84. The van der Waals surface area contributed by atoms with Crippen LogP contribution >= 0.6 is 0 Å². The van der Waals surface area contributed by atoms with Crippen molar-refractivity contribution in [3.8, 4) is 5.75 Å². The summed E-state index contributed by atoms with van der Waals surface area (Å²) in [5.74, 6) is 0.630. The zero-order valence-electron chi connectivity index (χ0n) is 12.6. The van der Waals surface area contributed by atoms with Crippen molar-refractivity contribution in [2.24, 2.45) is 0 Å². The molecule has 3 rings (SSSR count). The molecule has 23 heavy (non-hydrogen) atoms. The molecule has 0 saturated carbocycles. The lowest BCUT2D eigenvalue weighted by molar-refractivity contribution is 0.419. The number of ether oxygens (including phenoxy) is 1. The van der Waals surface area contributed by atoms with Crippen LogP contribution < -0.4 is 9.46 Å². The number of nitrogens with one attached hydrogen (secondary N) is 1. The SMILES string of the molecule is COc1ccnc2c(NS(=O)(=O)c3ncccc3C)cccc12. The smallest absolute Gasteiger partial charge is 0.279 e. The second-order valence-electron chi connectivity index (χ2n) is 4.95. The van der Waals surface area contributed by atoms with Gasteiger partial charge < -0.3 is 4.74 Å². The number of rotatable bonds is 4. The van der Waals surface area contributed by atoms with Crippen molar-refractivity contribution in [2.75, 3.05) is 11.8 Å². The molecule has 0 saturated heterocycles. The summed E-state index contributed by atoms with van der Waals surface area (Å²) >= 11 is 0. The first kappa shape index (κ1) is 15.2. The standard InChI is InChI=1S/C16H15N3O3S/c1-11-5-4-9-18-16(11)23(20,21)19-13-7-3-6-12-14(22-2)8-10-17-15(12)13/h3-10,19H,1-2H3. The molecule has 0 bridgehead atoms. The first-order chi connectivity index (χ1) is 11.0. The Bertz CT molecular complexity index is 971. The molecule has 0 atom stereocenters. The first-order valence-corrected chi connectivity index (χ1v) is 8.37. The van der Waals surface area contributed by atoms with Gasteiger partial charge in [-0.15, -0.1) is 0 Å². The van der Waals surface area contributed by atoms with Gasteiger partial charge in [0, 0.05) is 17.8 Å². The van der Waals surface area contributed by atoms with Crippen LogP contribution in [0.3, 0.4) is 0 Å². The lowest BCUT2D eigenvalue weighted by Crippen LogP contribution is -2.16. The number of hydrogen-bond donors (Lipinski definition) is 1. The predicted molar refractivity (Wildman–Crippen MR) is 88.1 cm³/mol. The van der Waals surface area contributed by atoms with E-state index in [-0.39, 0.29) is 5.03 Å². The summed E-state index contributed by atoms with van der Waals surface area (Å²) in [5.41, 5.74) is 1.47. The van der Waals surface area contributed by atoms with Gasteiger partial charge in [-0.05, 0) is 36.8 Å². The van der Waals surface area contributed by atoms with Gasteiger partial charge in [0.15, 0.2) is 5.03 Å². The van der Waals surface area contributed by atoms with Crippen LogP contribution in [-0.2, 0) is 10.0 Å². The topological polar surface area (TPSA) is 81.2 Å². The number of hydrogen-bond acceptors (Lipinski definition) is 5. The molecule has 0 unspecified atom stereocenters. The summed E-state index contributed by atoms with van der Waals surface area (Å²) in [7, 11) is -2.24. The summed E-state index contributed by atoms with van der Waals surface area (Å²) < 4.78 is 33.0. The molecule has 0 radical (unpaired) electrons. The van der Waals surface area contributed by atoms with Gasteiger partial charge in [-0.3, -0.25) is 9.71 Å². The van der Waals surface area contributed by atoms with Crippen LogP contribution in [0.2, 0.25) is 0 Å². The highest BCUT2D eigenvalue weighted by Gasteiger charge is 2.20. The Labute approximate surface area is 134 Å². The number of anilines is 1. The molecule has 0 fully saturated rings. The number of para-hydroxylation sites is 1. The van der Waals surface area contributed by atoms with Crippen LogP contribution in [0.5, 0.6) is 5.75 Å². The molecule has 0 spiro atoms. The number of aryl methyl sites for hydroxylation is 1. The quantitative estimate of drug-likeness (QED) is 0.796. The van der Waals surface area contributed by atoms with E-state index in [1.54, 1.807) is 50.6 Å². The lowest BCUT2D eigenvalue weighted by atomic mass is 10.2. The fraction of sp³-hybridized carbons (Fsp3) is 0.125. The number of fused-ring (bicyclic) bond motifs is 1. The van der Waals surface area contributed by atoms with Gasteiger partial charge in [0.2, 0.25) is 0 Å². The molecule has 118 valence electrons. The van der Waals surface area contributed by atoms with Gasteiger partial charge in [-0.1, -0.05) is 12.1 Å². The average molecular weight is 329 g/mol. The Kier molecular flexibility index (Phi) is 3.87. The van der Waals surface area contributed by atoms with E-state index in [1.807, 2.05) is 6.07 Å². The second-order valence-corrected chi connectivity index (χ2v) is 6.54. The molecule has 0 aliphatic heterocycles. The number of aromatic nitrogens is 2. The molecule has 2 aromatic heterocycles. The molecule has 6 nitrogen and oxygen atoms in total. The maximum atomic E-state index is 12.6. The lowest BCUT2D eigenvalue weighted by Gasteiger charge is -2.12. The van der Waals surface area contributed by atoms with E-state index in [1.165, 1.54) is 6.20 Å². The normalized spacial score (nSPS) is 11.4. The van der Waals surface area contributed by atoms with Crippen molar-refractivity contribution in [3.05, 3.63) is 54.4 Å². The summed E-state index contributed by atoms with van der Waals surface area (Å²) in [6, 6.07) is 10.3. The van der Waals surface area contributed by atoms with Gasteiger partial charge in [-0.2, -0.15) is 8.42 Å². The molecular formula is C16H15N3O3S. The van der Waals surface area contributed by atoms with Crippen LogP contribution in [0.4, 0.5) is 5.69 Å². The van der Waals surface area contributed by atoms with Crippen molar-refractivity contribution in [1.29, 1.82) is 0 Å². The minimum atomic E-state index is -3.80. The highest BCUT2D eigenvalue weighted by molar-refractivity contribution is 7.92. The van der Waals surface area contributed by atoms with Crippen molar-refractivity contribution in [3.63, 3.8) is 0 Å². The van der Waals surface area contributed by atoms with Gasteiger partial charge in [-0.25, -0.2) is 4.98 Å². The fourth-order valence-corrected chi connectivity index (χ4v) is 3.60. The maximum absolute atomic E-state index is 12.6. The monoisotopic (exact) mass is 329 g/mol. The molecule has 2 heterocycles. The fourth-order valence-electron chi connectivity index (χ4n) is 2.36. The van der Waals surface area contributed by atoms with Gasteiger partial charge >= 0.3 is 0 Å². The van der Waals surface area contributed by atoms with Crippen LogP contribution in [0.25, 0.3) is 10.9 Å². The molecular weight excluding hydrogens is 314 g/mol. The molecule has 0 amide bonds. The molecule has 0 aliphatic rings. The highest BCUT2D eigenvalue weighted by atomic mass is 32.2. The third-order valence-electron chi connectivity index (χ3n) is 3.41. The highest BCUT2D eigenvalue weighted by Crippen LogP contribution is 2.29. The van der Waals surface area contributed by atoms with Crippen molar-refractivity contribution >= 4 is 26.6 Å². The van der Waals surface area contributed by atoms with E-state index in [9.17, 15) is 8.42 Å². The third kappa shape index (κ3) is 2.83. The van der Waals surface area contributed by atoms with E-state index < -0.39 is 10.0 Å². The second kappa shape index (κ2) is 5.85. The molecule has 3 aromatic rings. The Balaban J connectivity index is 2.10. The predicted octanol–water partition coefficient (Wildman–Crippen LogP) is 2.75. The van der Waals surface area contributed by atoms with Gasteiger partial charge in [0.1, 0.15) is 5.75 Å². The van der Waals surface area contributed by atoms with Gasteiger partial charge in [0.25, 0.3) is 10.0 Å². The van der Waals surface area contributed by atoms with Crippen LogP contribution in [0, 0.1) is 6.92 Å². The van der Waals surface area contributed by atoms with Crippen LogP contribution in [0.15, 0.2) is 53.8 Å². The largest absolute Gasteiger partial charge is 0.496 e. The van der Waals surface area contributed by atoms with Crippen molar-refractivity contribution < 1.29 is 13.2 Å². The summed E-state index contributed by atoms with van der Waals surface area (Å²) in [6.07, 6.45) is 3.02. The summed E-state index contributed by atoms with van der Waals surface area (Å²) in [5, 5.41) is 0.729. The Morgan fingerprint density at radius 3 is 2.61 bits per heavy atom. The Morgan fingerprint density at radius 2 is 1.87 bits per heavy atom.